The summed E-state index contributed by atoms with van der Waals surface area (Å²) in [6, 6.07) is 7.03. The van der Waals surface area contributed by atoms with Crippen molar-refractivity contribution in [1.29, 1.82) is 0 Å². The Kier molecular flexibility index (Phi) is 9.55. The van der Waals surface area contributed by atoms with E-state index in [0.717, 1.165) is 24.3 Å². The number of nitro groups is 1. The third kappa shape index (κ3) is 6.48. The minimum Gasteiger partial charge on any atom is -1.00 e. The third-order valence-electron chi connectivity index (χ3n) is 4.07. The van der Waals surface area contributed by atoms with Crippen molar-refractivity contribution in [1.82, 2.24) is 0 Å². The molecule has 0 aromatic heterocycles. The summed E-state index contributed by atoms with van der Waals surface area (Å²) in [7, 11) is -9.69. The van der Waals surface area contributed by atoms with E-state index >= 15 is 0 Å². The Morgan fingerprint density at radius 1 is 0.939 bits per heavy atom. The zero-order chi connectivity index (χ0) is 23.1. The number of azo groups is 1. The molecule has 0 aliphatic carbocycles. The van der Waals surface area contributed by atoms with Gasteiger partial charge in [-0.2, -0.15) is 21.9 Å². The average Bonchev–Trinajstić information content (AvgIpc) is 2.65. The molecular weight excluding hydrogens is 502 g/mol. The number of nitrogens with two attached hydrogens (primary N) is 1. The Balaban J connectivity index is 0. The normalized spacial score (nSPS) is 11.7. The molecule has 0 fully saturated rings. The van der Waals surface area contributed by atoms with Gasteiger partial charge in [0.1, 0.15) is 16.3 Å². The van der Waals surface area contributed by atoms with E-state index in [9.17, 15) is 41.2 Å². The van der Waals surface area contributed by atoms with E-state index in [1.54, 1.807) is 0 Å². The second-order valence-corrected chi connectivity index (χ2v) is 8.91. The van der Waals surface area contributed by atoms with Crippen molar-refractivity contribution in [3.63, 3.8) is 0 Å². The van der Waals surface area contributed by atoms with E-state index in [0.29, 0.717) is 6.07 Å². The van der Waals surface area contributed by atoms with Crippen LogP contribution in [0.5, 0.6) is 5.75 Å². The standard InChI is InChI=1S/C16H12N4O9S2.2Na.2H/c17-15-14-8(5-11(7-12(14)21)30(24,25)26)6-13(31(27,28)29)16(15)19-18-9-1-3-10(4-2-9)20(22)23;;;;/h1-7,21H,17H2,(H,24,25,26)(H,27,28,29);;;;/q;2*+1;2*-1. The molecule has 0 bridgehead atoms. The summed E-state index contributed by atoms with van der Waals surface area (Å²) in [5, 5.41) is 27.9. The molecular formula is C16H14N4Na2O9S2. The first kappa shape index (κ1) is 29.4. The number of fused-ring (bicyclic) bond motifs is 1. The van der Waals surface area contributed by atoms with Crippen LogP contribution in [0.2, 0.25) is 0 Å². The van der Waals surface area contributed by atoms with Gasteiger partial charge in [0.05, 0.1) is 21.2 Å². The molecule has 0 saturated heterocycles. The number of benzene rings is 3. The monoisotopic (exact) mass is 516 g/mol. The van der Waals surface area contributed by atoms with Crippen molar-refractivity contribution in [3.05, 3.63) is 52.6 Å². The summed E-state index contributed by atoms with van der Waals surface area (Å²) in [5.74, 6) is -0.712. The molecule has 17 heteroatoms. The van der Waals surface area contributed by atoms with E-state index in [-0.39, 0.29) is 84.1 Å². The van der Waals surface area contributed by atoms with Crippen LogP contribution in [0.4, 0.5) is 22.7 Å². The number of nitrogen functional groups attached to an aromatic ring is 1. The maximum atomic E-state index is 11.8. The molecule has 0 spiro atoms. The fraction of sp³-hybridized carbons (Fsp3) is 0. The van der Waals surface area contributed by atoms with Crippen LogP contribution >= 0.6 is 0 Å². The molecule has 3 aromatic carbocycles. The van der Waals surface area contributed by atoms with Crippen LogP contribution in [0.3, 0.4) is 0 Å². The number of nitrogens with zero attached hydrogens (tertiary/aromatic N) is 3. The van der Waals surface area contributed by atoms with Crippen molar-refractivity contribution in [3.8, 4) is 5.75 Å². The molecule has 0 saturated carbocycles. The smallest absolute Gasteiger partial charge is 1.00 e. The van der Waals surface area contributed by atoms with Crippen molar-refractivity contribution in [2.75, 3.05) is 5.73 Å². The molecule has 0 atom stereocenters. The first-order chi connectivity index (χ1) is 14.3. The molecule has 0 aliphatic heterocycles. The Labute approximate surface area is 233 Å². The number of non-ortho nitro benzene ring substituents is 1. The fourth-order valence-electron chi connectivity index (χ4n) is 2.69. The Morgan fingerprint density at radius 2 is 1.52 bits per heavy atom. The predicted octanol–water partition coefficient (Wildman–Crippen LogP) is -2.82. The molecule has 13 nitrogen and oxygen atoms in total. The van der Waals surface area contributed by atoms with Crippen molar-refractivity contribution < 1.29 is 97.9 Å². The maximum absolute atomic E-state index is 11.8. The zero-order valence-electron chi connectivity index (χ0n) is 19.1. The maximum Gasteiger partial charge on any atom is 1.00 e. The van der Waals surface area contributed by atoms with Crippen LogP contribution < -0.4 is 64.8 Å². The number of phenols is 1. The molecule has 0 aliphatic rings. The molecule has 33 heavy (non-hydrogen) atoms. The van der Waals surface area contributed by atoms with Crippen molar-refractivity contribution in [2.45, 2.75) is 9.79 Å². The summed E-state index contributed by atoms with van der Waals surface area (Å²) in [5.41, 5.74) is 4.75. The Bertz CT molecular complexity index is 1490. The first-order valence-corrected chi connectivity index (χ1v) is 10.9. The van der Waals surface area contributed by atoms with Gasteiger partial charge in [0.2, 0.25) is 0 Å². The van der Waals surface area contributed by atoms with Crippen LogP contribution in [0, 0.1) is 10.1 Å². The third-order valence-corrected chi connectivity index (χ3v) is 5.77. The summed E-state index contributed by atoms with van der Waals surface area (Å²) in [6.45, 7) is 0. The van der Waals surface area contributed by atoms with Crippen LogP contribution in [0.1, 0.15) is 2.85 Å². The molecule has 3 aromatic rings. The van der Waals surface area contributed by atoms with Crippen LogP contribution in [-0.2, 0) is 20.2 Å². The number of hydrogen-bond donors (Lipinski definition) is 4. The first-order valence-electron chi connectivity index (χ1n) is 7.99. The summed E-state index contributed by atoms with van der Waals surface area (Å²) < 4.78 is 65.1. The Morgan fingerprint density at radius 3 is 2.00 bits per heavy atom. The second kappa shape index (κ2) is 10.7. The number of rotatable bonds is 5. The molecule has 5 N–H and O–H groups in total. The molecule has 0 heterocycles. The molecule has 3 rings (SSSR count). The van der Waals surface area contributed by atoms with Crippen LogP contribution in [0.25, 0.3) is 10.8 Å². The predicted molar refractivity (Wildman–Crippen MR) is 109 cm³/mol. The zero-order valence-corrected chi connectivity index (χ0v) is 22.7. The van der Waals surface area contributed by atoms with Gasteiger partial charge in [-0.3, -0.25) is 19.2 Å². The van der Waals surface area contributed by atoms with Gasteiger partial charge >= 0.3 is 59.1 Å². The second-order valence-electron chi connectivity index (χ2n) is 6.10. The largest absolute Gasteiger partial charge is 1.00 e. The van der Waals surface area contributed by atoms with Gasteiger partial charge in [0, 0.05) is 23.6 Å². The minimum atomic E-state index is -4.95. The van der Waals surface area contributed by atoms with Gasteiger partial charge in [0.25, 0.3) is 25.9 Å². The number of hydrogen-bond acceptors (Lipinski definition) is 10. The van der Waals surface area contributed by atoms with E-state index in [1.807, 2.05) is 0 Å². The fourth-order valence-corrected chi connectivity index (χ4v) is 3.89. The molecule has 166 valence electrons. The van der Waals surface area contributed by atoms with E-state index in [2.05, 4.69) is 10.2 Å². The van der Waals surface area contributed by atoms with Gasteiger partial charge in [0.15, 0.2) is 0 Å². The van der Waals surface area contributed by atoms with E-state index in [4.69, 9.17) is 5.73 Å². The van der Waals surface area contributed by atoms with Crippen LogP contribution in [-0.4, -0.2) is 36.0 Å². The van der Waals surface area contributed by atoms with Gasteiger partial charge < -0.3 is 13.7 Å². The van der Waals surface area contributed by atoms with Gasteiger partial charge in [-0.1, -0.05) is 0 Å². The summed E-state index contributed by atoms with van der Waals surface area (Å²) in [6.07, 6.45) is 0. The number of phenolic OH excluding ortho intramolecular Hbond substituents is 1. The van der Waals surface area contributed by atoms with Gasteiger partial charge in [-0.05, 0) is 29.7 Å². The summed E-state index contributed by atoms with van der Waals surface area (Å²) in [4.78, 5) is 8.47. The van der Waals surface area contributed by atoms with Gasteiger partial charge in [-0.25, -0.2) is 0 Å². The number of anilines is 1. The van der Waals surface area contributed by atoms with Gasteiger partial charge in [-0.15, -0.1) is 5.11 Å². The topological polar surface area (TPSA) is 223 Å². The summed E-state index contributed by atoms with van der Waals surface area (Å²) >= 11 is 0. The van der Waals surface area contributed by atoms with Crippen LogP contribution in [0.15, 0.2) is 62.5 Å². The van der Waals surface area contributed by atoms with Crippen molar-refractivity contribution >= 4 is 53.8 Å². The van der Waals surface area contributed by atoms with E-state index < -0.39 is 52.1 Å². The van der Waals surface area contributed by atoms with Crippen molar-refractivity contribution in [2.24, 2.45) is 10.2 Å². The Hall–Kier alpha value is -1.66. The molecule has 0 unspecified atom stereocenters. The number of nitro benzene ring substituents is 1. The SMILES string of the molecule is Nc1c(N=Nc2ccc([N+](=O)[O-])cc2)c(S(=O)(=O)O)cc2cc(S(=O)(=O)O)cc(O)c12.[H-].[H-].[Na+].[Na+]. The minimum absolute atomic E-state index is 0. The number of aromatic hydroxyl groups is 1. The molecule has 0 radical (unpaired) electrons. The quantitative estimate of drug-likeness (QED) is 0.0679. The average molecular weight is 516 g/mol. The van der Waals surface area contributed by atoms with E-state index in [1.165, 1.54) is 12.1 Å². The molecule has 0 amide bonds.